The molecule has 23 heavy (non-hydrogen) atoms. The van der Waals surface area contributed by atoms with E-state index in [1.807, 2.05) is 12.1 Å². The third-order valence-corrected chi connectivity index (χ3v) is 5.34. The number of hydrogen-bond donors (Lipinski definition) is 1. The second kappa shape index (κ2) is 7.80. The summed E-state index contributed by atoms with van der Waals surface area (Å²) >= 11 is 0. The van der Waals surface area contributed by atoms with Gasteiger partial charge in [-0.2, -0.15) is 0 Å². The summed E-state index contributed by atoms with van der Waals surface area (Å²) in [5.74, 6) is 2.57. The van der Waals surface area contributed by atoms with Crippen LogP contribution in [0.5, 0.6) is 0 Å². The Balaban J connectivity index is 1.49. The number of aromatic nitrogens is 1. The van der Waals surface area contributed by atoms with Gasteiger partial charge in [0.15, 0.2) is 0 Å². The number of hydrogen-bond acceptors (Lipinski definition) is 3. The van der Waals surface area contributed by atoms with Gasteiger partial charge in [-0.05, 0) is 49.7 Å². The summed E-state index contributed by atoms with van der Waals surface area (Å²) in [7, 11) is 0. The Labute approximate surface area is 139 Å². The van der Waals surface area contributed by atoms with Gasteiger partial charge in [-0.25, -0.2) is 4.98 Å². The number of carbonyl (C=O) groups excluding carboxylic acids is 1. The maximum Gasteiger partial charge on any atom is 0.224 e. The molecule has 0 atom stereocenters. The molecule has 4 heteroatoms. The molecule has 1 aromatic rings. The smallest absolute Gasteiger partial charge is 0.224 e. The van der Waals surface area contributed by atoms with E-state index < -0.39 is 0 Å². The van der Waals surface area contributed by atoms with E-state index in [1.165, 1.54) is 44.9 Å². The predicted molar refractivity (Wildman–Crippen MR) is 94.7 cm³/mol. The van der Waals surface area contributed by atoms with Gasteiger partial charge in [0.05, 0.1) is 11.9 Å². The first-order valence-corrected chi connectivity index (χ1v) is 9.21. The number of rotatable bonds is 4. The standard InChI is InChI=1S/C19H29N3O/c1-15-9-11-22(12-10-15)18-8-7-17(14-20-18)21-19(23)13-16-5-3-2-4-6-16/h7-8,14-16H,2-6,9-13H2,1H3,(H,21,23). The number of carbonyl (C=O) groups is 1. The molecule has 126 valence electrons. The number of amides is 1. The van der Waals surface area contributed by atoms with E-state index in [-0.39, 0.29) is 5.91 Å². The van der Waals surface area contributed by atoms with Crippen LogP contribution in [-0.2, 0) is 4.79 Å². The first kappa shape index (κ1) is 16.3. The van der Waals surface area contributed by atoms with Gasteiger partial charge in [0, 0.05) is 19.5 Å². The molecule has 2 aliphatic rings. The van der Waals surface area contributed by atoms with Crippen LogP contribution in [0.3, 0.4) is 0 Å². The Morgan fingerprint density at radius 1 is 1.17 bits per heavy atom. The number of nitrogens with zero attached hydrogens (tertiary/aromatic N) is 2. The number of anilines is 2. The fourth-order valence-electron chi connectivity index (χ4n) is 3.75. The number of piperidine rings is 1. The minimum Gasteiger partial charge on any atom is -0.357 e. The second-order valence-electron chi connectivity index (χ2n) is 7.33. The van der Waals surface area contributed by atoms with Gasteiger partial charge in [0.25, 0.3) is 0 Å². The summed E-state index contributed by atoms with van der Waals surface area (Å²) in [5.41, 5.74) is 0.819. The lowest BCUT2D eigenvalue weighted by molar-refractivity contribution is -0.117. The largest absolute Gasteiger partial charge is 0.357 e. The van der Waals surface area contributed by atoms with Crippen LogP contribution in [0.4, 0.5) is 11.5 Å². The zero-order valence-electron chi connectivity index (χ0n) is 14.3. The average molecular weight is 315 g/mol. The quantitative estimate of drug-likeness (QED) is 0.904. The van der Waals surface area contributed by atoms with Crippen molar-refractivity contribution in [2.24, 2.45) is 11.8 Å². The first-order chi connectivity index (χ1) is 11.2. The molecule has 0 bridgehead atoms. The summed E-state index contributed by atoms with van der Waals surface area (Å²) < 4.78 is 0. The van der Waals surface area contributed by atoms with Crippen molar-refractivity contribution < 1.29 is 4.79 Å². The van der Waals surface area contributed by atoms with Gasteiger partial charge in [-0.3, -0.25) is 4.79 Å². The summed E-state index contributed by atoms with van der Waals surface area (Å²) in [5, 5.41) is 3.01. The van der Waals surface area contributed by atoms with Crippen molar-refractivity contribution in [3.05, 3.63) is 18.3 Å². The topological polar surface area (TPSA) is 45.2 Å². The van der Waals surface area contributed by atoms with E-state index in [0.29, 0.717) is 12.3 Å². The molecule has 2 fully saturated rings. The van der Waals surface area contributed by atoms with E-state index >= 15 is 0 Å². The van der Waals surface area contributed by atoms with Crippen molar-refractivity contribution in [1.29, 1.82) is 0 Å². The second-order valence-corrected chi connectivity index (χ2v) is 7.33. The highest BCUT2D eigenvalue weighted by molar-refractivity contribution is 5.90. The molecule has 1 saturated heterocycles. The Morgan fingerprint density at radius 3 is 2.57 bits per heavy atom. The Hall–Kier alpha value is -1.58. The maximum atomic E-state index is 12.2. The predicted octanol–water partition coefficient (Wildman–Crippen LogP) is 4.23. The van der Waals surface area contributed by atoms with Crippen molar-refractivity contribution >= 4 is 17.4 Å². The van der Waals surface area contributed by atoms with Crippen LogP contribution in [0.25, 0.3) is 0 Å². The number of pyridine rings is 1. The molecule has 1 N–H and O–H groups in total. The normalized spacial score (nSPS) is 20.5. The van der Waals surface area contributed by atoms with Crippen LogP contribution in [0.2, 0.25) is 0 Å². The molecule has 1 aliphatic heterocycles. The Kier molecular flexibility index (Phi) is 5.52. The van der Waals surface area contributed by atoms with Crippen LogP contribution in [0.1, 0.15) is 58.3 Å². The Bertz CT molecular complexity index is 500. The van der Waals surface area contributed by atoms with Gasteiger partial charge >= 0.3 is 0 Å². The molecule has 1 amide bonds. The van der Waals surface area contributed by atoms with E-state index in [9.17, 15) is 4.79 Å². The average Bonchev–Trinajstić information content (AvgIpc) is 2.57. The summed E-state index contributed by atoms with van der Waals surface area (Å²) in [4.78, 5) is 19.0. The van der Waals surface area contributed by atoms with Crippen LogP contribution in [-0.4, -0.2) is 24.0 Å². The highest BCUT2D eigenvalue weighted by Gasteiger charge is 2.18. The lowest BCUT2D eigenvalue weighted by Crippen LogP contribution is -2.33. The van der Waals surface area contributed by atoms with Crippen LogP contribution in [0, 0.1) is 11.8 Å². The maximum absolute atomic E-state index is 12.2. The van der Waals surface area contributed by atoms with Crippen molar-refractivity contribution in [3.8, 4) is 0 Å². The van der Waals surface area contributed by atoms with Gasteiger partial charge < -0.3 is 10.2 Å². The van der Waals surface area contributed by atoms with Crippen molar-refractivity contribution in [2.75, 3.05) is 23.3 Å². The van der Waals surface area contributed by atoms with Gasteiger partial charge in [-0.15, -0.1) is 0 Å². The number of nitrogens with one attached hydrogen (secondary N) is 1. The fraction of sp³-hybridized carbons (Fsp3) is 0.684. The molecule has 1 saturated carbocycles. The summed E-state index contributed by atoms with van der Waals surface area (Å²) in [6.45, 7) is 4.48. The minimum absolute atomic E-state index is 0.137. The monoisotopic (exact) mass is 315 g/mol. The van der Waals surface area contributed by atoms with Crippen molar-refractivity contribution in [2.45, 2.75) is 58.3 Å². The zero-order chi connectivity index (χ0) is 16.1. The van der Waals surface area contributed by atoms with E-state index in [1.54, 1.807) is 6.20 Å². The molecule has 0 spiro atoms. The molecule has 3 rings (SSSR count). The Morgan fingerprint density at radius 2 is 1.91 bits per heavy atom. The molecule has 1 aromatic heterocycles. The summed E-state index contributed by atoms with van der Waals surface area (Å²) in [6, 6.07) is 4.02. The fourth-order valence-corrected chi connectivity index (χ4v) is 3.75. The van der Waals surface area contributed by atoms with E-state index in [0.717, 1.165) is 30.5 Å². The molecule has 0 radical (unpaired) electrons. The molecule has 0 unspecified atom stereocenters. The third-order valence-electron chi connectivity index (χ3n) is 5.34. The van der Waals surface area contributed by atoms with Crippen LogP contribution in [0.15, 0.2) is 18.3 Å². The molecule has 4 nitrogen and oxygen atoms in total. The van der Waals surface area contributed by atoms with Gasteiger partial charge in [0.2, 0.25) is 5.91 Å². The first-order valence-electron chi connectivity index (χ1n) is 9.21. The highest BCUT2D eigenvalue weighted by Crippen LogP contribution is 2.27. The van der Waals surface area contributed by atoms with Crippen molar-refractivity contribution in [3.63, 3.8) is 0 Å². The zero-order valence-corrected chi connectivity index (χ0v) is 14.3. The van der Waals surface area contributed by atoms with Crippen molar-refractivity contribution in [1.82, 2.24) is 4.98 Å². The van der Waals surface area contributed by atoms with Crippen LogP contribution < -0.4 is 10.2 Å². The molecular weight excluding hydrogens is 286 g/mol. The molecule has 2 heterocycles. The molecule has 0 aromatic carbocycles. The minimum atomic E-state index is 0.137. The van der Waals surface area contributed by atoms with Gasteiger partial charge in [-0.1, -0.05) is 26.2 Å². The lowest BCUT2D eigenvalue weighted by atomic mass is 9.87. The van der Waals surface area contributed by atoms with Crippen LogP contribution >= 0.6 is 0 Å². The SMILES string of the molecule is CC1CCN(c2ccc(NC(=O)CC3CCCCC3)cn2)CC1. The lowest BCUT2D eigenvalue weighted by Gasteiger charge is -2.31. The van der Waals surface area contributed by atoms with Gasteiger partial charge in [0.1, 0.15) is 5.82 Å². The highest BCUT2D eigenvalue weighted by atomic mass is 16.1. The van der Waals surface area contributed by atoms with E-state index in [2.05, 4.69) is 22.1 Å². The summed E-state index contributed by atoms with van der Waals surface area (Å²) in [6.07, 6.45) is 11.2. The van der Waals surface area contributed by atoms with E-state index in [4.69, 9.17) is 0 Å². The molecule has 1 aliphatic carbocycles. The third kappa shape index (κ3) is 4.69. The molecular formula is C19H29N3O.